The molecule has 0 spiro atoms. The molecule has 2 heterocycles. The molecule has 1 N–H and O–H groups in total. The third-order valence-electron chi connectivity index (χ3n) is 9.07. The van der Waals surface area contributed by atoms with Crippen molar-refractivity contribution in [2.75, 3.05) is 95.5 Å². The lowest BCUT2D eigenvalue weighted by Gasteiger charge is -2.30. The van der Waals surface area contributed by atoms with Gasteiger partial charge in [0.15, 0.2) is 0 Å². The normalized spacial score (nSPS) is 14.1. The molecule has 0 bridgehead atoms. The van der Waals surface area contributed by atoms with Crippen LogP contribution in [0.3, 0.4) is 0 Å². The fourth-order valence-corrected chi connectivity index (χ4v) is 6.42. The number of fused-ring (bicyclic) bond motifs is 4. The van der Waals surface area contributed by atoms with E-state index in [1.165, 1.54) is 6.61 Å². The molecule has 0 fully saturated rings. The molecule has 0 atom stereocenters. The van der Waals surface area contributed by atoms with Crippen LogP contribution in [-0.2, 0) is 9.53 Å². The van der Waals surface area contributed by atoms with E-state index in [2.05, 4.69) is 29.2 Å². The summed E-state index contributed by atoms with van der Waals surface area (Å²) in [6.07, 6.45) is 0. The van der Waals surface area contributed by atoms with Crippen LogP contribution in [0.4, 0.5) is 17.1 Å². The molecule has 0 radical (unpaired) electrons. The van der Waals surface area contributed by atoms with Crippen molar-refractivity contribution in [2.24, 2.45) is 0 Å². The van der Waals surface area contributed by atoms with Crippen LogP contribution in [0.1, 0.15) is 5.56 Å². The summed E-state index contributed by atoms with van der Waals surface area (Å²) in [5, 5.41) is 24.9. The Bertz CT molecular complexity index is 2070. The van der Waals surface area contributed by atoms with Gasteiger partial charge in [-0.05, 0) is 73.7 Å². The molecule has 0 aromatic heterocycles. The van der Waals surface area contributed by atoms with Gasteiger partial charge in [0.05, 0.1) is 43.2 Å². The molecule has 12 nitrogen and oxygen atoms in total. The van der Waals surface area contributed by atoms with Gasteiger partial charge >= 0.3 is 0 Å². The second-order valence-corrected chi connectivity index (χ2v) is 13.1. The Morgan fingerprint density at radius 3 is 2.31 bits per heavy atom. The molecule has 6 rings (SSSR count). The van der Waals surface area contributed by atoms with Crippen LogP contribution in [0.2, 0.25) is 0 Å². The van der Waals surface area contributed by atoms with E-state index in [4.69, 9.17) is 18.6 Å². The highest BCUT2D eigenvalue weighted by atomic mass is 17.1. The topological polar surface area (TPSA) is 130 Å². The minimum atomic E-state index is -1.22. The van der Waals surface area contributed by atoms with Crippen LogP contribution >= 0.6 is 0 Å². The zero-order valence-corrected chi connectivity index (χ0v) is 30.3. The Morgan fingerprint density at radius 2 is 1.60 bits per heavy atom. The fourth-order valence-electron chi connectivity index (χ4n) is 6.42. The number of ether oxygens (including phenoxy) is 3. The first-order valence-corrected chi connectivity index (χ1v) is 17.2. The number of carbonyl (C=O) groups excluding carboxylic acids is 1. The van der Waals surface area contributed by atoms with Gasteiger partial charge in [-0.25, -0.2) is 4.58 Å². The van der Waals surface area contributed by atoms with E-state index in [0.29, 0.717) is 30.3 Å². The molecular weight excluding hydrogens is 664 g/mol. The van der Waals surface area contributed by atoms with Crippen molar-refractivity contribution in [3.8, 4) is 33.9 Å². The van der Waals surface area contributed by atoms with Crippen molar-refractivity contribution in [3.63, 3.8) is 0 Å². The largest absolute Gasteiger partial charge is 0.587 e. The van der Waals surface area contributed by atoms with Gasteiger partial charge in [-0.3, -0.25) is 0 Å². The monoisotopic (exact) mass is 709 g/mol. The number of aryl methyl sites for hydroxylation is 1. The number of benzene rings is 4. The van der Waals surface area contributed by atoms with Crippen LogP contribution in [-0.4, -0.2) is 91.7 Å². The first-order valence-electron chi connectivity index (χ1n) is 17.2. The fraction of sp³-hybridized carbons (Fsp3) is 0.325. The predicted molar refractivity (Wildman–Crippen MR) is 199 cm³/mol. The number of rotatable bonds is 7. The number of hydrogen-bond acceptors (Lipinski definition) is 10. The van der Waals surface area contributed by atoms with E-state index >= 15 is 0 Å². The van der Waals surface area contributed by atoms with Crippen LogP contribution in [0.15, 0.2) is 77.2 Å². The lowest BCUT2D eigenvalue weighted by atomic mass is 9.93. The second-order valence-electron chi connectivity index (χ2n) is 13.1. The number of aliphatic hydroxyl groups is 1. The minimum absolute atomic E-state index is 0.172. The zero-order valence-electron chi connectivity index (χ0n) is 30.3. The predicted octanol–water partition coefficient (Wildman–Crippen LogP) is 2.99. The first-order chi connectivity index (χ1) is 25.1. The first kappa shape index (κ1) is 36.5. The van der Waals surface area contributed by atoms with Gasteiger partial charge in [-0.15, -0.1) is 0 Å². The SMILES string of the molecule is Cc1ccc2c(c1)OCCOc1cc(-c3c4ccc(=[N+](C)C)cc-4oc4cc(N(C)C)ccc34)ccc1N(CC(=O)[O-])CCOCCN2C[CH-][OH+][O-]. The Kier molecular flexibility index (Phi) is 11.5. The van der Waals surface area contributed by atoms with Crippen molar-refractivity contribution in [2.45, 2.75) is 6.92 Å². The zero-order chi connectivity index (χ0) is 36.8. The van der Waals surface area contributed by atoms with E-state index in [1.54, 1.807) is 4.90 Å². The number of aliphatic carboxylic acids is 1. The summed E-state index contributed by atoms with van der Waals surface area (Å²) in [6, 6.07) is 24.0. The third kappa shape index (κ3) is 8.25. The van der Waals surface area contributed by atoms with Crippen LogP contribution in [0, 0.1) is 13.5 Å². The van der Waals surface area contributed by atoms with Gasteiger partial charge in [0.25, 0.3) is 0 Å². The molecule has 3 aromatic rings. The standard InChI is InChI=1S/C40H46N4O8/c1-27-6-12-33-37(22-27)49-20-21-50-38-23-28(7-13-34(38)44(26-39(45)46)15-18-48-17-14-43(33)16-19-51-47)40-31-10-8-29(41(2)3)24-35(31)52-36-25-30(42(4)5)9-11-32(36)40/h6-13,19,22-25,51H,14-18,20-21,26H2,1-5H3,(H,45,46)/p-1. The average Bonchev–Trinajstić information content (AvgIpc) is 3.12. The number of hydrogen-bond donors (Lipinski definition) is 0. The molecule has 12 heteroatoms. The number of anilines is 3. The Balaban J connectivity index is 1.45. The van der Waals surface area contributed by atoms with Gasteiger partial charge < -0.3 is 53.4 Å². The molecule has 3 aliphatic rings. The summed E-state index contributed by atoms with van der Waals surface area (Å²) >= 11 is 0. The van der Waals surface area contributed by atoms with Crippen LogP contribution < -0.4 is 44.5 Å². The molecule has 52 heavy (non-hydrogen) atoms. The smallest absolute Gasteiger partial charge is 0.203 e. The number of nitrogens with zero attached hydrogens (tertiary/aromatic N) is 4. The lowest BCUT2D eigenvalue weighted by Crippen LogP contribution is -2.40. The van der Waals surface area contributed by atoms with E-state index in [-0.39, 0.29) is 39.5 Å². The Labute approximate surface area is 303 Å². The van der Waals surface area contributed by atoms with E-state index in [1.807, 2.05) is 98.0 Å². The lowest BCUT2D eigenvalue weighted by molar-refractivity contribution is -0.761. The third-order valence-corrected chi connectivity index (χ3v) is 9.07. The quantitative estimate of drug-likeness (QED) is 0.0622. The summed E-state index contributed by atoms with van der Waals surface area (Å²) < 4.78 is 27.3. The maximum absolute atomic E-state index is 12.0. The molecule has 3 aromatic carbocycles. The summed E-state index contributed by atoms with van der Waals surface area (Å²) in [6.45, 7) is 4.88. The van der Waals surface area contributed by atoms with Crippen LogP contribution in [0.25, 0.3) is 33.4 Å². The van der Waals surface area contributed by atoms with Crippen LogP contribution in [0.5, 0.6) is 11.5 Å². The van der Waals surface area contributed by atoms with Crippen molar-refractivity contribution < 1.29 is 38.7 Å². The molecule has 2 aliphatic heterocycles. The number of carbonyl (C=O) groups is 1. The van der Waals surface area contributed by atoms with Crippen molar-refractivity contribution in [3.05, 3.63) is 90.3 Å². The van der Waals surface area contributed by atoms with E-state index in [0.717, 1.165) is 55.7 Å². The van der Waals surface area contributed by atoms with Gasteiger partial charge in [0.2, 0.25) is 5.36 Å². The maximum atomic E-state index is 12.0. The molecular formula is C40H45N4O8-. The Morgan fingerprint density at radius 1 is 0.885 bits per heavy atom. The molecule has 0 amide bonds. The van der Waals surface area contributed by atoms with E-state index in [9.17, 15) is 15.2 Å². The van der Waals surface area contributed by atoms with Crippen molar-refractivity contribution in [1.29, 1.82) is 0 Å². The highest BCUT2D eigenvalue weighted by molar-refractivity contribution is 6.03. The molecule has 0 saturated heterocycles. The number of carboxylic acids is 1. The summed E-state index contributed by atoms with van der Waals surface area (Å²) in [5.74, 6) is 0.646. The van der Waals surface area contributed by atoms with Gasteiger partial charge in [0, 0.05) is 61.5 Å². The molecule has 0 unspecified atom stereocenters. The minimum Gasteiger partial charge on any atom is -0.587 e. The molecule has 1 aliphatic carbocycles. The second kappa shape index (κ2) is 16.4. The van der Waals surface area contributed by atoms with Gasteiger partial charge in [0.1, 0.15) is 50.2 Å². The highest BCUT2D eigenvalue weighted by Crippen LogP contribution is 2.43. The van der Waals surface area contributed by atoms with E-state index < -0.39 is 5.97 Å². The van der Waals surface area contributed by atoms with Crippen molar-refractivity contribution >= 4 is 34.0 Å². The van der Waals surface area contributed by atoms with Crippen molar-refractivity contribution in [1.82, 2.24) is 4.58 Å². The Hall–Kier alpha value is -5.30. The molecule has 274 valence electrons. The summed E-state index contributed by atoms with van der Waals surface area (Å²) in [4.78, 5) is 20.6. The summed E-state index contributed by atoms with van der Waals surface area (Å²) in [7, 11) is 7.97. The highest BCUT2D eigenvalue weighted by Gasteiger charge is 2.22. The van der Waals surface area contributed by atoms with Gasteiger partial charge in [-0.2, -0.15) is 0 Å². The average molecular weight is 710 g/mol. The van der Waals surface area contributed by atoms with Gasteiger partial charge in [-0.1, -0.05) is 12.1 Å². The molecule has 0 saturated carbocycles. The maximum Gasteiger partial charge on any atom is 0.203 e. The number of carboxylic acid groups (broad SMARTS) is 1. The summed E-state index contributed by atoms with van der Waals surface area (Å²) in [5.41, 5.74) is 6.91.